The molecule has 2 aromatic rings. The van der Waals surface area contributed by atoms with E-state index in [-0.39, 0.29) is 6.04 Å². The van der Waals surface area contributed by atoms with Crippen LogP contribution in [0.1, 0.15) is 64.5 Å². The minimum absolute atomic E-state index is 0.290. The van der Waals surface area contributed by atoms with Crippen molar-refractivity contribution < 1.29 is 4.74 Å². The summed E-state index contributed by atoms with van der Waals surface area (Å²) in [5.41, 5.74) is 1.25. The summed E-state index contributed by atoms with van der Waals surface area (Å²) < 4.78 is 9.86. The second kappa shape index (κ2) is 10.6. The van der Waals surface area contributed by atoms with E-state index in [2.05, 4.69) is 30.2 Å². The molecule has 0 amide bonds. The van der Waals surface area contributed by atoms with Crippen molar-refractivity contribution in [1.82, 2.24) is 19.6 Å². The van der Waals surface area contributed by atoms with Gasteiger partial charge in [0.15, 0.2) is 5.75 Å². The van der Waals surface area contributed by atoms with Crippen LogP contribution in [-0.4, -0.2) is 25.8 Å². The molecule has 2 aromatic heterocycles. The Hall–Kier alpha value is -2.37. The number of aryl methyl sites for hydroxylation is 1. The molecule has 0 aliphatic carbocycles. The Bertz CT molecular complexity index is 701. The summed E-state index contributed by atoms with van der Waals surface area (Å²) in [4.78, 5) is 0. The highest BCUT2D eigenvalue weighted by molar-refractivity contribution is 5.68. The molecule has 1 atom stereocenters. The number of nitrogens with one attached hydrogen (secondary N) is 1. The third-order valence-corrected chi connectivity index (χ3v) is 4.34. The third-order valence-electron chi connectivity index (χ3n) is 4.34. The monoisotopic (exact) mass is 357 g/mol. The number of aromatic nitrogens is 4. The van der Waals surface area contributed by atoms with Crippen LogP contribution in [0.2, 0.25) is 0 Å². The molecule has 0 aliphatic rings. The second-order valence-electron chi connectivity index (χ2n) is 6.52. The van der Waals surface area contributed by atoms with Gasteiger partial charge in [0.05, 0.1) is 24.6 Å². The molecule has 0 fully saturated rings. The van der Waals surface area contributed by atoms with Gasteiger partial charge in [-0.25, -0.2) is 0 Å². The lowest BCUT2D eigenvalue weighted by Crippen LogP contribution is -2.12. The minimum Gasteiger partial charge on any atom is -0.458 e. The number of ether oxygens (including phenoxy) is 1. The molecule has 2 heterocycles. The molecule has 6 nitrogen and oxygen atoms in total. The molecule has 1 N–H and O–H groups in total. The summed E-state index contributed by atoms with van der Waals surface area (Å²) in [6.45, 7) is 7.38. The molecule has 0 radical (unpaired) electrons. The smallest absolute Gasteiger partial charge is 0.164 e. The molecular weight excluding hydrogens is 326 g/mol. The summed E-state index contributed by atoms with van der Waals surface area (Å²) >= 11 is 0. The van der Waals surface area contributed by atoms with E-state index in [0.29, 0.717) is 0 Å². The van der Waals surface area contributed by atoms with Crippen LogP contribution >= 0.6 is 0 Å². The largest absolute Gasteiger partial charge is 0.458 e. The molecule has 0 bridgehead atoms. The van der Waals surface area contributed by atoms with Gasteiger partial charge < -0.3 is 10.1 Å². The minimum atomic E-state index is 0.290. The van der Waals surface area contributed by atoms with Gasteiger partial charge in [-0.3, -0.25) is 9.36 Å². The summed E-state index contributed by atoms with van der Waals surface area (Å²) in [5, 5.41) is 16.2. The third kappa shape index (κ3) is 5.86. The Morgan fingerprint density at radius 1 is 1.19 bits per heavy atom. The molecule has 0 aromatic carbocycles. The first-order valence-corrected chi connectivity index (χ1v) is 9.63. The van der Waals surface area contributed by atoms with Crippen molar-refractivity contribution in [2.45, 2.75) is 71.9 Å². The van der Waals surface area contributed by atoms with E-state index in [1.165, 1.54) is 18.2 Å². The van der Waals surface area contributed by atoms with Gasteiger partial charge >= 0.3 is 0 Å². The molecule has 0 aliphatic heterocycles. The first-order valence-electron chi connectivity index (χ1n) is 9.63. The van der Waals surface area contributed by atoms with E-state index in [4.69, 9.17) is 10.1 Å². The van der Waals surface area contributed by atoms with Gasteiger partial charge in [0.1, 0.15) is 5.76 Å². The second-order valence-corrected chi connectivity index (χ2v) is 6.52. The normalized spacial score (nSPS) is 13.0. The number of nitrogens with zero attached hydrogens (tertiary/aromatic N) is 4. The highest BCUT2D eigenvalue weighted by Gasteiger charge is 2.15. The van der Waals surface area contributed by atoms with Crippen molar-refractivity contribution in [3.05, 3.63) is 42.2 Å². The molecule has 0 spiro atoms. The number of hydrogen-bond donors (Lipinski definition) is 1. The van der Waals surface area contributed by atoms with Crippen LogP contribution in [0.5, 0.6) is 5.75 Å². The van der Waals surface area contributed by atoms with Crippen molar-refractivity contribution in [1.29, 1.82) is 5.41 Å². The SMILES string of the molecule is CCCCn1cc(CC(CCC)n2cc(OC(=CC=N)CC)cn2)cn1. The van der Waals surface area contributed by atoms with Crippen molar-refractivity contribution in [2.24, 2.45) is 0 Å². The lowest BCUT2D eigenvalue weighted by molar-refractivity contribution is 0.399. The van der Waals surface area contributed by atoms with E-state index in [1.54, 1.807) is 12.3 Å². The van der Waals surface area contributed by atoms with Crippen molar-refractivity contribution >= 4 is 6.21 Å². The number of rotatable bonds is 12. The van der Waals surface area contributed by atoms with Crippen molar-refractivity contribution in [2.75, 3.05) is 0 Å². The molecule has 6 heteroatoms. The summed E-state index contributed by atoms with van der Waals surface area (Å²) in [6.07, 6.45) is 16.9. The quantitative estimate of drug-likeness (QED) is 0.439. The molecule has 26 heavy (non-hydrogen) atoms. The summed E-state index contributed by atoms with van der Waals surface area (Å²) in [7, 11) is 0. The van der Waals surface area contributed by atoms with Gasteiger partial charge in [-0.2, -0.15) is 10.2 Å². The van der Waals surface area contributed by atoms with Gasteiger partial charge in [-0.05, 0) is 30.9 Å². The van der Waals surface area contributed by atoms with Crippen LogP contribution in [0.4, 0.5) is 0 Å². The van der Waals surface area contributed by atoms with Gasteiger partial charge in [0.2, 0.25) is 0 Å². The zero-order chi connectivity index (χ0) is 18.8. The molecular formula is C20H31N5O. The van der Waals surface area contributed by atoms with E-state index in [0.717, 1.165) is 50.2 Å². The van der Waals surface area contributed by atoms with Gasteiger partial charge in [0.25, 0.3) is 0 Å². The van der Waals surface area contributed by atoms with E-state index < -0.39 is 0 Å². The van der Waals surface area contributed by atoms with Crippen LogP contribution < -0.4 is 4.74 Å². The highest BCUT2D eigenvalue weighted by Crippen LogP contribution is 2.23. The maximum atomic E-state index is 7.19. The Morgan fingerprint density at radius 3 is 2.73 bits per heavy atom. The summed E-state index contributed by atoms with van der Waals surface area (Å²) in [5.74, 6) is 1.49. The lowest BCUT2D eigenvalue weighted by Gasteiger charge is -2.15. The zero-order valence-corrected chi connectivity index (χ0v) is 16.2. The molecule has 0 saturated carbocycles. The van der Waals surface area contributed by atoms with Gasteiger partial charge in [-0.1, -0.05) is 33.6 Å². The number of unbranched alkanes of at least 4 members (excludes halogenated alkanes) is 1. The fourth-order valence-electron chi connectivity index (χ4n) is 2.93. The maximum absolute atomic E-state index is 7.19. The predicted molar refractivity (Wildman–Crippen MR) is 105 cm³/mol. The van der Waals surface area contributed by atoms with Crippen LogP contribution in [0.25, 0.3) is 0 Å². The van der Waals surface area contributed by atoms with Crippen molar-refractivity contribution in [3.63, 3.8) is 0 Å². The fourth-order valence-corrected chi connectivity index (χ4v) is 2.93. The van der Waals surface area contributed by atoms with E-state index in [1.807, 2.05) is 28.7 Å². The van der Waals surface area contributed by atoms with Gasteiger partial charge in [0, 0.05) is 25.4 Å². The topological polar surface area (TPSA) is 68.7 Å². The number of allylic oxidation sites excluding steroid dienone is 2. The lowest BCUT2D eigenvalue weighted by atomic mass is 10.1. The van der Waals surface area contributed by atoms with E-state index >= 15 is 0 Å². The first kappa shape index (κ1) is 19.9. The Balaban J connectivity index is 2.06. The molecule has 1 unspecified atom stereocenters. The van der Waals surface area contributed by atoms with Crippen LogP contribution in [0.3, 0.4) is 0 Å². The van der Waals surface area contributed by atoms with Crippen LogP contribution in [0, 0.1) is 5.41 Å². The first-order chi connectivity index (χ1) is 12.7. The standard InChI is InChI=1S/C20H31N5O/c1-4-7-11-24-15-17(13-22-24)12-18(8-5-2)25-16-20(14-23-25)26-19(6-3)9-10-21/h9-10,13-16,18,21H,4-8,11-12H2,1-3H3. The maximum Gasteiger partial charge on any atom is 0.164 e. The average Bonchev–Trinajstić information content (AvgIpc) is 3.28. The average molecular weight is 358 g/mol. The zero-order valence-electron chi connectivity index (χ0n) is 16.2. The fraction of sp³-hybridized carbons (Fsp3) is 0.550. The predicted octanol–water partition coefficient (Wildman–Crippen LogP) is 4.79. The molecule has 142 valence electrons. The Labute approximate surface area is 156 Å². The summed E-state index contributed by atoms with van der Waals surface area (Å²) in [6, 6.07) is 0.290. The highest BCUT2D eigenvalue weighted by atomic mass is 16.5. The van der Waals surface area contributed by atoms with Crippen LogP contribution in [0.15, 0.2) is 36.6 Å². The Morgan fingerprint density at radius 2 is 2.04 bits per heavy atom. The number of hydrogen-bond acceptors (Lipinski definition) is 4. The van der Waals surface area contributed by atoms with Crippen LogP contribution in [-0.2, 0) is 13.0 Å². The van der Waals surface area contributed by atoms with Crippen molar-refractivity contribution in [3.8, 4) is 5.75 Å². The van der Waals surface area contributed by atoms with E-state index in [9.17, 15) is 0 Å². The Kier molecular flexibility index (Phi) is 8.12. The van der Waals surface area contributed by atoms with Gasteiger partial charge in [-0.15, -0.1) is 0 Å². The molecule has 2 rings (SSSR count). The molecule has 0 saturated heterocycles.